The average molecular weight is 571 g/mol. The molecule has 220 valence electrons. The molecule has 0 aromatic heterocycles. The number of hydrogen-bond acceptors (Lipinski definition) is 5. The summed E-state index contributed by atoms with van der Waals surface area (Å²) in [6.45, 7) is 2.67. The van der Waals surface area contributed by atoms with E-state index in [0.29, 0.717) is 6.54 Å². The second-order valence-corrected chi connectivity index (χ2v) is 11.3. The topological polar surface area (TPSA) is 114 Å². The normalized spacial score (nSPS) is 18.9. The van der Waals surface area contributed by atoms with Crippen LogP contribution < -0.4 is 10.6 Å². The van der Waals surface area contributed by atoms with Gasteiger partial charge in [-0.1, -0.05) is 78.9 Å². The number of amides is 2. The summed E-state index contributed by atoms with van der Waals surface area (Å²) in [6.07, 6.45) is 1.64. The number of fused-ring (bicyclic) bond motifs is 3. The molecule has 5 rings (SSSR count). The molecule has 3 aromatic carbocycles. The van der Waals surface area contributed by atoms with Gasteiger partial charge in [0.05, 0.1) is 12.7 Å². The highest BCUT2D eigenvalue weighted by molar-refractivity contribution is 5.84. The van der Waals surface area contributed by atoms with Gasteiger partial charge in [-0.3, -0.25) is 4.79 Å². The van der Waals surface area contributed by atoms with Gasteiger partial charge in [-0.05, 0) is 65.8 Å². The second kappa shape index (κ2) is 13.7. The molecule has 4 atom stereocenters. The molecule has 1 saturated carbocycles. The Balaban J connectivity index is 1.03. The van der Waals surface area contributed by atoms with Gasteiger partial charge in [-0.2, -0.15) is 0 Å². The minimum absolute atomic E-state index is 0.0126. The number of benzene rings is 3. The fourth-order valence-corrected chi connectivity index (χ4v) is 6.20. The zero-order valence-electron chi connectivity index (χ0n) is 23.8. The first-order chi connectivity index (χ1) is 20.4. The molecule has 0 heterocycles. The number of aliphatic carboxylic acids is 1. The summed E-state index contributed by atoms with van der Waals surface area (Å²) in [5.74, 6) is -1.03. The van der Waals surface area contributed by atoms with Crippen molar-refractivity contribution in [2.45, 2.75) is 57.3 Å². The summed E-state index contributed by atoms with van der Waals surface area (Å²) in [6, 6.07) is 24.8. The molecule has 3 N–H and O–H groups in total. The minimum Gasteiger partial charge on any atom is -0.480 e. The summed E-state index contributed by atoms with van der Waals surface area (Å²) >= 11 is 0. The van der Waals surface area contributed by atoms with Gasteiger partial charge in [-0.15, -0.1) is 0 Å². The Bertz CT molecular complexity index is 1350. The van der Waals surface area contributed by atoms with Crippen molar-refractivity contribution in [2.24, 2.45) is 11.8 Å². The van der Waals surface area contributed by atoms with Crippen LogP contribution in [0.2, 0.25) is 0 Å². The van der Waals surface area contributed by atoms with E-state index in [1.807, 2.05) is 54.6 Å². The van der Waals surface area contributed by atoms with Gasteiger partial charge in [0.1, 0.15) is 6.61 Å². The molecule has 0 bridgehead atoms. The molecule has 2 aliphatic carbocycles. The zero-order valence-corrected chi connectivity index (χ0v) is 23.8. The number of alkyl carbamates (subject to hydrolysis) is 1. The number of carbonyl (C=O) groups is 3. The Hall–Kier alpha value is -4.17. The number of carboxylic acid groups (broad SMARTS) is 1. The molecule has 0 saturated heterocycles. The van der Waals surface area contributed by atoms with Gasteiger partial charge < -0.3 is 25.2 Å². The van der Waals surface area contributed by atoms with Gasteiger partial charge in [0, 0.05) is 18.9 Å². The molecule has 42 heavy (non-hydrogen) atoms. The summed E-state index contributed by atoms with van der Waals surface area (Å²) in [5.41, 5.74) is 5.65. The van der Waals surface area contributed by atoms with Crippen LogP contribution in [-0.2, 0) is 25.7 Å². The van der Waals surface area contributed by atoms with Crippen LogP contribution in [0.3, 0.4) is 0 Å². The van der Waals surface area contributed by atoms with Crippen molar-refractivity contribution in [3.8, 4) is 11.1 Å². The van der Waals surface area contributed by atoms with Crippen molar-refractivity contribution >= 4 is 18.0 Å². The standard InChI is InChI=1S/C34H38N2O6/c1-22(41-20-23-9-3-2-4-10-23)32(33(38)39)36-31(37)18-24-15-16-25(17-24)19-35-34(40)42-21-30-28-13-7-5-11-26(28)27-12-6-8-14-29(27)30/h2-14,22,24-25,30,32H,15-21H2,1H3,(H,35,40)(H,36,37)(H,38,39). The largest absolute Gasteiger partial charge is 0.480 e. The SMILES string of the molecule is CC(OCc1ccccc1)C(NC(=O)CC1CCC(CNC(=O)OCC2c3ccccc3-c3ccccc32)C1)C(=O)O. The van der Waals surface area contributed by atoms with E-state index in [9.17, 15) is 19.5 Å². The molecule has 0 radical (unpaired) electrons. The first kappa shape index (κ1) is 29.3. The first-order valence-electron chi connectivity index (χ1n) is 14.7. The van der Waals surface area contributed by atoms with Crippen LogP contribution in [0.15, 0.2) is 78.9 Å². The van der Waals surface area contributed by atoms with Crippen molar-refractivity contribution in [3.63, 3.8) is 0 Å². The second-order valence-electron chi connectivity index (χ2n) is 11.3. The maximum atomic E-state index is 12.7. The van der Waals surface area contributed by atoms with Crippen molar-refractivity contribution in [1.29, 1.82) is 0 Å². The van der Waals surface area contributed by atoms with Crippen molar-refractivity contribution in [2.75, 3.05) is 13.2 Å². The fraction of sp³-hybridized carbons (Fsp3) is 0.382. The van der Waals surface area contributed by atoms with Crippen molar-refractivity contribution < 1.29 is 29.0 Å². The Morgan fingerprint density at radius 3 is 2.17 bits per heavy atom. The lowest BCUT2D eigenvalue weighted by Crippen LogP contribution is -2.48. The lowest BCUT2D eigenvalue weighted by atomic mass is 9.98. The monoisotopic (exact) mass is 570 g/mol. The molecule has 2 amide bonds. The quantitative estimate of drug-likeness (QED) is 0.265. The predicted molar refractivity (Wildman–Crippen MR) is 159 cm³/mol. The summed E-state index contributed by atoms with van der Waals surface area (Å²) in [4.78, 5) is 37.1. The van der Waals surface area contributed by atoms with Crippen molar-refractivity contribution in [3.05, 3.63) is 95.6 Å². The average Bonchev–Trinajstić information content (AvgIpc) is 3.58. The fourth-order valence-electron chi connectivity index (χ4n) is 6.20. The summed E-state index contributed by atoms with van der Waals surface area (Å²) in [7, 11) is 0. The molecule has 0 spiro atoms. The maximum absolute atomic E-state index is 12.7. The predicted octanol–water partition coefficient (Wildman–Crippen LogP) is 5.51. The van der Waals surface area contributed by atoms with Gasteiger partial charge in [-0.25, -0.2) is 9.59 Å². The molecule has 0 aliphatic heterocycles. The van der Waals surface area contributed by atoms with Crippen molar-refractivity contribution in [1.82, 2.24) is 10.6 Å². The van der Waals surface area contributed by atoms with E-state index in [2.05, 4.69) is 34.9 Å². The van der Waals surface area contributed by atoms with Gasteiger partial charge in [0.15, 0.2) is 6.04 Å². The van der Waals surface area contributed by atoms with E-state index in [4.69, 9.17) is 9.47 Å². The van der Waals surface area contributed by atoms with Crippen LogP contribution in [-0.4, -0.2) is 48.4 Å². The summed E-state index contributed by atoms with van der Waals surface area (Å²) < 4.78 is 11.4. The third kappa shape index (κ3) is 7.18. The molecule has 2 aliphatic rings. The molecular formula is C34H38N2O6. The Labute approximate surface area is 246 Å². The van der Waals surface area contributed by atoms with Crippen LogP contribution >= 0.6 is 0 Å². The highest BCUT2D eigenvalue weighted by atomic mass is 16.5. The third-order valence-electron chi connectivity index (χ3n) is 8.41. The number of carboxylic acids is 1. The van der Waals surface area contributed by atoms with Crippen LogP contribution in [0.1, 0.15) is 55.2 Å². The molecule has 8 nitrogen and oxygen atoms in total. The molecule has 1 fully saturated rings. The van der Waals surface area contributed by atoms with Crippen LogP contribution in [0, 0.1) is 11.8 Å². The third-order valence-corrected chi connectivity index (χ3v) is 8.41. The number of carbonyl (C=O) groups excluding carboxylic acids is 2. The lowest BCUT2D eigenvalue weighted by molar-refractivity contribution is -0.146. The van der Waals surface area contributed by atoms with E-state index in [1.54, 1.807) is 6.92 Å². The highest BCUT2D eigenvalue weighted by Crippen LogP contribution is 2.44. The number of rotatable bonds is 12. The highest BCUT2D eigenvalue weighted by Gasteiger charge is 2.32. The van der Waals surface area contributed by atoms with Gasteiger partial charge >= 0.3 is 12.1 Å². The van der Waals surface area contributed by atoms with Gasteiger partial charge in [0.25, 0.3) is 0 Å². The van der Waals surface area contributed by atoms with Crippen LogP contribution in [0.5, 0.6) is 0 Å². The molecular weight excluding hydrogens is 532 g/mol. The Morgan fingerprint density at radius 1 is 0.881 bits per heavy atom. The van der Waals surface area contributed by atoms with Gasteiger partial charge in [0.2, 0.25) is 5.91 Å². The molecule has 4 unspecified atom stereocenters. The van der Waals surface area contributed by atoms with E-state index >= 15 is 0 Å². The van der Waals surface area contributed by atoms with Crippen LogP contribution in [0.25, 0.3) is 11.1 Å². The van der Waals surface area contributed by atoms with E-state index in [1.165, 1.54) is 22.3 Å². The molecule has 3 aromatic rings. The zero-order chi connectivity index (χ0) is 29.5. The maximum Gasteiger partial charge on any atom is 0.407 e. The van der Waals surface area contributed by atoms with E-state index in [-0.39, 0.29) is 43.3 Å². The number of hydrogen-bond donors (Lipinski definition) is 3. The van der Waals surface area contributed by atoms with E-state index in [0.717, 1.165) is 24.8 Å². The Kier molecular flexibility index (Phi) is 9.54. The summed E-state index contributed by atoms with van der Waals surface area (Å²) in [5, 5.41) is 15.2. The lowest BCUT2D eigenvalue weighted by Gasteiger charge is -2.22. The minimum atomic E-state index is -1.13. The Morgan fingerprint density at radius 2 is 1.50 bits per heavy atom. The number of nitrogens with one attached hydrogen (secondary N) is 2. The molecule has 8 heteroatoms. The number of ether oxygens (including phenoxy) is 2. The first-order valence-corrected chi connectivity index (χ1v) is 14.7. The van der Waals surface area contributed by atoms with Crippen LogP contribution in [0.4, 0.5) is 4.79 Å². The van der Waals surface area contributed by atoms with E-state index < -0.39 is 24.2 Å². The smallest absolute Gasteiger partial charge is 0.407 e.